The van der Waals surface area contributed by atoms with E-state index < -0.39 is 0 Å². The highest BCUT2D eigenvalue weighted by Gasteiger charge is 2.39. The van der Waals surface area contributed by atoms with Crippen molar-refractivity contribution in [1.29, 1.82) is 0 Å². The van der Waals surface area contributed by atoms with Gasteiger partial charge < -0.3 is 10.6 Å². The molecule has 2 N–H and O–H groups in total. The molecule has 2 aliphatic rings. The van der Waals surface area contributed by atoms with Gasteiger partial charge in [-0.05, 0) is 68.9 Å². The molecule has 2 fully saturated rings. The molecule has 0 bridgehead atoms. The summed E-state index contributed by atoms with van der Waals surface area (Å²) >= 11 is 0. The molecule has 21 heavy (non-hydrogen) atoms. The monoisotopic (exact) mass is 294 g/mol. The van der Waals surface area contributed by atoms with Crippen LogP contribution in [0.4, 0.5) is 0 Å². The summed E-state index contributed by atoms with van der Waals surface area (Å²) in [7, 11) is 2.39. The lowest BCUT2D eigenvalue weighted by atomic mass is 9.67. The van der Waals surface area contributed by atoms with Gasteiger partial charge in [0.25, 0.3) is 0 Å². The lowest BCUT2D eigenvalue weighted by Gasteiger charge is -2.48. The standard InChI is InChI=1S/C19H38N2/c1-14-7-6-8-17(11-14)21(5)18-12-16(19(2,3)4)10-9-15(18)13-20/h14-18H,6-13,20H2,1-5H3. The van der Waals surface area contributed by atoms with Crippen molar-refractivity contribution in [1.82, 2.24) is 4.90 Å². The maximum Gasteiger partial charge on any atom is 0.0138 e. The molecule has 124 valence electrons. The molecule has 2 nitrogen and oxygen atoms in total. The normalized spacial score (nSPS) is 38.7. The van der Waals surface area contributed by atoms with Gasteiger partial charge in [-0.1, -0.05) is 40.5 Å². The van der Waals surface area contributed by atoms with Crippen LogP contribution in [0.15, 0.2) is 0 Å². The van der Waals surface area contributed by atoms with Gasteiger partial charge in [0.05, 0.1) is 0 Å². The summed E-state index contributed by atoms with van der Waals surface area (Å²) < 4.78 is 0. The van der Waals surface area contributed by atoms with Crippen LogP contribution in [0.25, 0.3) is 0 Å². The molecule has 2 saturated carbocycles. The molecule has 0 heterocycles. The van der Waals surface area contributed by atoms with Crippen LogP contribution >= 0.6 is 0 Å². The molecule has 0 amide bonds. The van der Waals surface area contributed by atoms with Crippen molar-refractivity contribution in [2.45, 2.75) is 84.7 Å². The largest absolute Gasteiger partial charge is 0.330 e. The fourth-order valence-electron chi connectivity index (χ4n) is 4.81. The fourth-order valence-corrected chi connectivity index (χ4v) is 4.81. The Bertz CT molecular complexity index is 320. The SMILES string of the molecule is CC1CCCC(N(C)C2CC(C(C)(C)C)CCC2CN)C1. The summed E-state index contributed by atoms with van der Waals surface area (Å²) in [6.45, 7) is 10.5. The van der Waals surface area contributed by atoms with Gasteiger partial charge in [-0.25, -0.2) is 0 Å². The third-order valence-electron chi connectivity index (χ3n) is 6.49. The Morgan fingerprint density at radius 1 is 1.05 bits per heavy atom. The minimum Gasteiger partial charge on any atom is -0.330 e. The minimum atomic E-state index is 0.443. The highest BCUT2D eigenvalue weighted by Crippen LogP contribution is 2.42. The molecular weight excluding hydrogens is 256 g/mol. The Labute approximate surface area is 132 Å². The predicted octanol–water partition coefficient (Wildman–Crippen LogP) is 4.29. The third-order valence-corrected chi connectivity index (χ3v) is 6.49. The van der Waals surface area contributed by atoms with Crippen molar-refractivity contribution in [3.05, 3.63) is 0 Å². The lowest BCUT2D eigenvalue weighted by Crippen LogP contribution is -2.51. The first kappa shape index (κ1) is 17.3. The van der Waals surface area contributed by atoms with Crippen molar-refractivity contribution in [2.75, 3.05) is 13.6 Å². The quantitative estimate of drug-likeness (QED) is 0.841. The first-order chi connectivity index (χ1) is 9.82. The van der Waals surface area contributed by atoms with E-state index in [-0.39, 0.29) is 0 Å². The van der Waals surface area contributed by atoms with Crippen LogP contribution in [0, 0.1) is 23.2 Å². The van der Waals surface area contributed by atoms with Crippen LogP contribution in [-0.2, 0) is 0 Å². The van der Waals surface area contributed by atoms with E-state index in [1.54, 1.807) is 0 Å². The van der Waals surface area contributed by atoms with Crippen molar-refractivity contribution < 1.29 is 0 Å². The Kier molecular flexibility index (Phi) is 5.76. The lowest BCUT2D eigenvalue weighted by molar-refractivity contribution is 0.0217. The number of nitrogens with zero attached hydrogens (tertiary/aromatic N) is 1. The van der Waals surface area contributed by atoms with E-state index in [2.05, 4.69) is 39.6 Å². The van der Waals surface area contributed by atoms with Gasteiger partial charge in [0.15, 0.2) is 0 Å². The molecule has 0 aromatic carbocycles. The van der Waals surface area contributed by atoms with Crippen molar-refractivity contribution in [3.8, 4) is 0 Å². The first-order valence-corrected chi connectivity index (χ1v) is 9.25. The van der Waals surface area contributed by atoms with Gasteiger partial charge in [-0.2, -0.15) is 0 Å². The smallest absolute Gasteiger partial charge is 0.0138 e. The Morgan fingerprint density at radius 3 is 2.33 bits per heavy atom. The minimum absolute atomic E-state index is 0.443. The molecule has 0 aliphatic heterocycles. The molecule has 2 rings (SSSR count). The maximum absolute atomic E-state index is 6.12. The van der Waals surface area contributed by atoms with E-state index in [0.717, 1.165) is 24.4 Å². The van der Waals surface area contributed by atoms with E-state index in [4.69, 9.17) is 5.73 Å². The fraction of sp³-hybridized carbons (Fsp3) is 1.00. The molecule has 0 saturated heterocycles. The summed E-state index contributed by atoms with van der Waals surface area (Å²) in [5, 5.41) is 0. The van der Waals surface area contributed by atoms with E-state index in [9.17, 15) is 0 Å². The second kappa shape index (κ2) is 7.00. The van der Waals surface area contributed by atoms with Crippen molar-refractivity contribution in [3.63, 3.8) is 0 Å². The van der Waals surface area contributed by atoms with Crippen molar-refractivity contribution in [2.24, 2.45) is 28.9 Å². The van der Waals surface area contributed by atoms with Gasteiger partial charge in [0.2, 0.25) is 0 Å². The van der Waals surface area contributed by atoms with E-state index in [0.29, 0.717) is 17.4 Å². The Morgan fingerprint density at radius 2 is 1.76 bits per heavy atom. The zero-order chi connectivity index (χ0) is 15.6. The summed E-state index contributed by atoms with van der Waals surface area (Å²) in [6.07, 6.45) is 9.69. The Balaban J connectivity index is 2.05. The molecule has 2 aliphatic carbocycles. The van der Waals surface area contributed by atoms with Gasteiger partial charge in [-0.15, -0.1) is 0 Å². The third kappa shape index (κ3) is 4.22. The molecule has 5 atom stereocenters. The van der Waals surface area contributed by atoms with Crippen LogP contribution in [0.5, 0.6) is 0 Å². The number of nitrogens with two attached hydrogens (primary N) is 1. The Hall–Kier alpha value is -0.0800. The molecular formula is C19H38N2. The van der Waals surface area contributed by atoms with Crippen LogP contribution in [0.2, 0.25) is 0 Å². The second-order valence-corrected chi connectivity index (χ2v) is 9.03. The summed E-state index contributed by atoms with van der Waals surface area (Å²) in [6, 6.07) is 1.51. The zero-order valence-corrected chi connectivity index (χ0v) is 15.1. The maximum atomic E-state index is 6.12. The van der Waals surface area contributed by atoms with Crippen LogP contribution in [0.1, 0.15) is 72.6 Å². The van der Waals surface area contributed by atoms with E-state index in [1.165, 1.54) is 44.9 Å². The average molecular weight is 295 g/mol. The molecule has 5 unspecified atom stereocenters. The predicted molar refractivity (Wildman–Crippen MR) is 92.3 cm³/mol. The number of hydrogen-bond donors (Lipinski definition) is 1. The summed E-state index contributed by atoms with van der Waals surface area (Å²) in [5.41, 5.74) is 6.56. The molecule has 0 aromatic heterocycles. The molecule has 0 aromatic rings. The summed E-state index contributed by atoms with van der Waals surface area (Å²) in [5.74, 6) is 2.48. The molecule has 2 heteroatoms. The second-order valence-electron chi connectivity index (χ2n) is 9.03. The first-order valence-electron chi connectivity index (χ1n) is 9.25. The van der Waals surface area contributed by atoms with Crippen LogP contribution in [-0.4, -0.2) is 30.6 Å². The van der Waals surface area contributed by atoms with Gasteiger partial charge in [0, 0.05) is 12.1 Å². The zero-order valence-electron chi connectivity index (χ0n) is 15.1. The van der Waals surface area contributed by atoms with Gasteiger partial charge >= 0.3 is 0 Å². The molecule has 0 radical (unpaired) electrons. The van der Waals surface area contributed by atoms with E-state index >= 15 is 0 Å². The average Bonchev–Trinajstić information content (AvgIpc) is 2.44. The number of hydrogen-bond acceptors (Lipinski definition) is 2. The van der Waals surface area contributed by atoms with Crippen LogP contribution in [0.3, 0.4) is 0 Å². The van der Waals surface area contributed by atoms with Gasteiger partial charge in [0.1, 0.15) is 0 Å². The van der Waals surface area contributed by atoms with E-state index in [1.807, 2.05) is 0 Å². The van der Waals surface area contributed by atoms with Gasteiger partial charge in [-0.3, -0.25) is 0 Å². The highest BCUT2D eigenvalue weighted by molar-refractivity contribution is 4.93. The number of rotatable bonds is 3. The van der Waals surface area contributed by atoms with Crippen LogP contribution < -0.4 is 5.73 Å². The summed E-state index contributed by atoms with van der Waals surface area (Å²) in [4.78, 5) is 2.74. The van der Waals surface area contributed by atoms with Crippen molar-refractivity contribution >= 4 is 0 Å². The molecule has 0 spiro atoms. The highest BCUT2D eigenvalue weighted by atomic mass is 15.2. The topological polar surface area (TPSA) is 29.3 Å².